The van der Waals surface area contributed by atoms with Crippen LogP contribution in [0.1, 0.15) is 34.6 Å². The first-order chi connectivity index (χ1) is 14.8. The maximum absolute atomic E-state index is 13.0. The van der Waals surface area contributed by atoms with Gasteiger partial charge in [-0.1, -0.05) is 24.3 Å². The van der Waals surface area contributed by atoms with Crippen LogP contribution >= 0.6 is 0 Å². The lowest BCUT2D eigenvalue weighted by Crippen LogP contribution is -2.29. The third-order valence-corrected chi connectivity index (χ3v) is 6.43. The third-order valence-electron chi connectivity index (χ3n) is 5.05. The molecule has 0 radical (unpaired) electrons. The molecule has 8 nitrogen and oxygen atoms in total. The predicted octanol–water partition coefficient (Wildman–Crippen LogP) is 3.21. The van der Waals surface area contributed by atoms with Crippen LogP contribution < -0.4 is 10.0 Å². The maximum atomic E-state index is 13.0. The molecule has 0 aliphatic carbocycles. The van der Waals surface area contributed by atoms with E-state index in [4.69, 9.17) is 0 Å². The zero-order chi connectivity index (χ0) is 22.0. The van der Waals surface area contributed by atoms with E-state index in [1.54, 1.807) is 23.7 Å². The van der Waals surface area contributed by atoms with Crippen LogP contribution in [0.5, 0.6) is 0 Å². The van der Waals surface area contributed by atoms with Crippen molar-refractivity contribution in [3.05, 3.63) is 71.5 Å². The Balaban J connectivity index is 1.57. The molecule has 2 N–H and O–H groups in total. The Morgan fingerprint density at radius 1 is 1.06 bits per heavy atom. The fourth-order valence-corrected chi connectivity index (χ4v) is 4.70. The van der Waals surface area contributed by atoms with Crippen molar-refractivity contribution in [2.45, 2.75) is 31.6 Å². The van der Waals surface area contributed by atoms with Crippen molar-refractivity contribution < 1.29 is 13.2 Å². The summed E-state index contributed by atoms with van der Waals surface area (Å²) in [6.07, 6.45) is 1.45. The van der Waals surface area contributed by atoms with Gasteiger partial charge in [0.15, 0.2) is 0 Å². The Kier molecular flexibility index (Phi) is 5.60. The Labute approximate surface area is 181 Å². The van der Waals surface area contributed by atoms with E-state index in [9.17, 15) is 13.2 Å². The number of nitrogens with one attached hydrogen (secondary N) is 2. The monoisotopic (exact) mass is 437 g/mol. The summed E-state index contributed by atoms with van der Waals surface area (Å²) in [5.74, 6) is 0.119. The van der Waals surface area contributed by atoms with E-state index in [-0.39, 0.29) is 10.8 Å². The molecule has 0 saturated heterocycles. The molecule has 2 heterocycles. The van der Waals surface area contributed by atoms with Crippen molar-refractivity contribution in [2.24, 2.45) is 4.99 Å². The summed E-state index contributed by atoms with van der Waals surface area (Å²) >= 11 is 0. The molecule has 0 fully saturated rings. The summed E-state index contributed by atoms with van der Waals surface area (Å²) in [4.78, 5) is 17.2. The minimum Gasteiger partial charge on any atom is -0.322 e. The van der Waals surface area contributed by atoms with E-state index >= 15 is 0 Å². The molecule has 0 unspecified atom stereocenters. The topological polar surface area (TPSA) is 105 Å². The number of amidine groups is 1. The number of nitrogens with zero attached hydrogens (tertiary/aromatic N) is 3. The molecule has 1 aliphatic rings. The van der Waals surface area contributed by atoms with E-state index in [2.05, 4.69) is 20.1 Å². The number of amides is 1. The quantitative estimate of drug-likeness (QED) is 0.639. The number of aliphatic imine (C=N–C) groups is 1. The van der Waals surface area contributed by atoms with E-state index in [0.717, 1.165) is 12.1 Å². The summed E-state index contributed by atoms with van der Waals surface area (Å²) in [5, 5.41) is 7.29. The minimum atomic E-state index is -3.76. The van der Waals surface area contributed by atoms with Crippen molar-refractivity contribution in [3.8, 4) is 5.69 Å². The largest absolute Gasteiger partial charge is 0.322 e. The number of carbonyl (C=O) groups is 1. The number of rotatable bonds is 5. The average Bonchev–Trinajstić information content (AvgIpc) is 3.35. The molecule has 0 spiro atoms. The van der Waals surface area contributed by atoms with Crippen molar-refractivity contribution in [3.63, 3.8) is 0 Å². The Morgan fingerprint density at radius 2 is 1.84 bits per heavy atom. The van der Waals surface area contributed by atoms with Crippen LogP contribution in [0.25, 0.3) is 5.69 Å². The number of para-hydroxylation sites is 1. The van der Waals surface area contributed by atoms with Crippen molar-refractivity contribution in [2.75, 3.05) is 11.9 Å². The van der Waals surface area contributed by atoms with E-state index < -0.39 is 10.0 Å². The minimum absolute atomic E-state index is 0.0633. The van der Waals surface area contributed by atoms with E-state index in [0.29, 0.717) is 41.4 Å². The second-order valence-electron chi connectivity index (χ2n) is 7.31. The number of aryl methyl sites for hydroxylation is 1. The lowest BCUT2D eigenvalue weighted by Gasteiger charge is -2.10. The predicted molar refractivity (Wildman–Crippen MR) is 119 cm³/mol. The molecule has 2 aromatic carbocycles. The van der Waals surface area contributed by atoms with Gasteiger partial charge >= 0.3 is 0 Å². The SMILES string of the molecule is Cc1nn(-c2ccccc2)c(C)c1C(=O)Nc1cccc(S(=O)(=O)NC2=NCCC2)c1. The van der Waals surface area contributed by atoms with Crippen molar-refractivity contribution in [1.82, 2.24) is 14.5 Å². The molecule has 1 aromatic heterocycles. The van der Waals surface area contributed by atoms with Crippen LogP contribution in [0, 0.1) is 13.8 Å². The van der Waals surface area contributed by atoms with Gasteiger partial charge in [0.2, 0.25) is 0 Å². The molecule has 160 valence electrons. The lowest BCUT2D eigenvalue weighted by molar-refractivity contribution is 0.102. The fraction of sp³-hybridized carbons (Fsp3) is 0.227. The average molecular weight is 438 g/mol. The van der Waals surface area contributed by atoms with Crippen molar-refractivity contribution in [1.29, 1.82) is 0 Å². The maximum Gasteiger partial charge on any atom is 0.262 e. The molecule has 0 atom stereocenters. The van der Waals surface area contributed by atoms with Gasteiger partial charge in [-0.3, -0.25) is 14.5 Å². The smallest absolute Gasteiger partial charge is 0.262 e. The standard InChI is InChI=1S/C22H23N5O3S/c1-15-21(16(2)27(25-15)18-9-4-3-5-10-18)22(28)24-17-8-6-11-19(14-17)31(29,30)26-20-12-7-13-23-20/h3-6,8-11,14H,7,12-13H2,1-2H3,(H,23,26)(H,24,28). The van der Waals surface area contributed by atoms with Gasteiger partial charge in [-0.15, -0.1) is 0 Å². The van der Waals surface area contributed by atoms with Gasteiger partial charge in [-0.05, 0) is 50.6 Å². The first kappa shape index (κ1) is 20.8. The first-order valence-corrected chi connectivity index (χ1v) is 11.4. The summed E-state index contributed by atoms with van der Waals surface area (Å²) in [6, 6.07) is 15.7. The van der Waals surface area contributed by atoms with Gasteiger partial charge in [0, 0.05) is 18.7 Å². The van der Waals surface area contributed by atoms with Crippen LogP contribution in [0.15, 0.2) is 64.5 Å². The summed E-state index contributed by atoms with van der Waals surface area (Å²) in [7, 11) is -3.76. The Bertz CT molecular complexity index is 1260. The fourth-order valence-electron chi connectivity index (χ4n) is 3.56. The second-order valence-corrected chi connectivity index (χ2v) is 8.99. The van der Waals surface area contributed by atoms with Gasteiger partial charge in [0.1, 0.15) is 5.84 Å². The number of aromatic nitrogens is 2. The summed E-state index contributed by atoms with van der Waals surface area (Å²) < 4.78 is 29.5. The molecular weight excluding hydrogens is 414 g/mol. The Morgan fingerprint density at radius 3 is 2.55 bits per heavy atom. The van der Waals surface area contributed by atoms with Gasteiger partial charge in [-0.2, -0.15) is 5.10 Å². The molecule has 9 heteroatoms. The molecule has 0 bridgehead atoms. The highest BCUT2D eigenvalue weighted by Crippen LogP contribution is 2.21. The zero-order valence-corrected chi connectivity index (χ0v) is 18.1. The van der Waals surface area contributed by atoms with Gasteiger partial charge in [0.05, 0.1) is 27.5 Å². The van der Waals surface area contributed by atoms with Gasteiger partial charge < -0.3 is 5.32 Å². The number of anilines is 1. The molecule has 31 heavy (non-hydrogen) atoms. The number of benzene rings is 2. The summed E-state index contributed by atoms with van der Waals surface area (Å²) in [5.41, 5.74) is 2.98. The highest BCUT2D eigenvalue weighted by molar-refractivity contribution is 7.90. The van der Waals surface area contributed by atoms with Crippen LogP contribution in [-0.4, -0.2) is 36.5 Å². The molecule has 0 saturated carbocycles. The van der Waals surface area contributed by atoms with Gasteiger partial charge in [0.25, 0.3) is 15.9 Å². The van der Waals surface area contributed by atoms with Gasteiger partial charge in [-0.25, -0.2) is 13.1 Å². The second kappa shape index (κ2) is 8.35. The van der Waals surface area contributed by atoms with E-state index in [1.165, 1.54) is 12.1 Å². The molecule has 1 amide bonds. The Hall–Kier alpha value is -3.46. The third kappa shape index (κ3) is 4.36. The first-order valence-electron chi connectivity index (χ1n) is 9.94. The van der Waals surface area contributed by atoms with E-state index in [1.807, 2.05) is 37.3 Å². The molecule has 1 aliphatic heterocycles. The van der Waals surface area contributed by atoms with Crippen LogP contribution in [0.4, 0.5) is 5.69 Å². The van der Waals surface area contributed by atoms with Crippen LogP contribution in [-0.2, 0) is 10.0 Å². The molecule has 3 aromatic rings. The lowest BCUT2D eigenvalue weighted by atomic mass is 10.1. The zero-order valence-electron chi connectivity index (χ0n) is 17.3. The van der Waals surface area contributed by atoms with Crippen LogP contribution in [0.2, 0.25) is 0 Å². The molecule has 4 rings (SSSR count). The number of hydrogen-bond donors (Lipinski definition) is 2. The normalized spacial score (nSPS) is 13.7. The highest BCUT2D eigenvalue weighted by Gasteiger charge is 2.21. The number of carbonyl (C=O) groups excluding carboxylic acids is 1. The van der Waals surface area contributed by atoms with Crippen molar-refractivity contribution >= 4 is 27.5 Å². The van der Waals surface area contributed by atoms with Crippen LogP contribution in [0.3, 0.4) is 0 Å². The summed E-state index contributed by atoms with van der Waals surface area (Å²) in [6.45, 7) is 4.23. The number of sulfonamides is 1. The molecular formula is C22H23N5O3S. The highest BCUT2D eigenvalue weighted by atomic mass is 32.2. The number of hydrogen-bond acceptors (Lipinski definition) is 5.